The fourth-order valence-corrected chi connectivity index (χ4v) is 3.48. The fourth-order valence-electron chi connectivity index (χ4n) is 3.48. The second-order valence-corrected chi connectivity index (χ2v) is 5.80. The highest BCUT2D eigenvalue weighted by atomic mass is 16.6. The molecule has 7 heteroatoms. The first kappa shape index (κ1) is 16.3. The second-order valence-electron chi connectivity index (χ2n) is 5.80. The molecule has 1 aliphatic heterocycles. The van der Waals surface area contributed by atoms with E-state index in [-0.39, 0.29) is 11.9 Å². The number of esters is 2. The lowest BCUT2D eigenvalue weighted by molar-refractivity contribution is -0.149. The van der Waals surface area contributed by atoms with Crippen molar-refractivity contribution >= 4 is 17.7 Å². The SMILES string of the molecule is COC(=O)[C@H]1C[C@@H](C(=O)OC)[C@H]2ON=C(c3ccc(OC)cc3)[C@H]21. The van der Waals surface area contributed by atoms with E-state index in [1.165, 1.54) is 14.2 Å². The number of methoxy groups -OCH3 is 3. The van der Waals surface area contributed by atoms with Gasteiger partial charge in [-0.3, -0.25) is 9.59 Å². The zero-order chi connectivity index (χ0) is 17.3. The topological polar surface area (TPSA) is 83.4 Å². The summed E-state index contributed by atoms with van der Waals surface area (Å²) in [5.74, 6) is -1.42. The minimum Gasteiger partial charge on any atom is -0.497 e. The van der Waals surface area contributed by atoms with Crippen molar-refractivity contribution in [2.24, 2.45) is 22.9 Å². The van der Waals surface area contributed by atoms with Crippen molar-refractivity contribution in [3.8, 4) is 5.75 Å². The lowest BCUT2D eigenvalue weighted by Gasteiger charge is -2.17. The van der Waals surface area contributed by atoms with Crippen LogP contribution >= 0.6 is 0 Å². The normalized spacial score (nSPS) is 27.7. The van der Waals surface area contributed by atoms with E-state index in [0.717, 1.165) is 11.3 Å². The molecule has 2 aliphatic rings. The number of nitrogens with zero attached hydrogens (tertiary/aromatic N) is 1. The van der Waals surface area contributed by atoms with Gasteiger partial charge >= 0.3 is 11.9 Å². The van der Waals surface area contributed by atoms with Gasteiger partial charge in [-0.25, -0.2) is 0 Å². The van der Waals surface area contributed by atoms with Gasteiger partial charge in [-0.05, 0) is 30.7 Å². The van der Waals surface area contributed by atoms with E-state index in [1.807, 2.05) is 24.3 Å². The molecule has 7 nitrogen and oxygen atoms in total. The number of carbonyl (C=O) groups excluding carboxylic acids is 2. The van der Waals surface area contributed by atoms with Gasteiger partial charge in [0.15, 0.2) is 0 Å². The first-order valence-electron chi connectivity index (χ1n) is 7.64. The molecule has 3 rings (SSSR count). The van der Waals surface area contributed by atoms with Gasteiger partial charge in [0.1, 0.15) is 11.9 Å². The molecule has 0 saturated heterocycles. The van der Waals surface area contributed by atoms with Crippen molar-refractivity contribution in [2.75, 3.05) is 21.3 Å². The molecule has 0 amide bonds. The summed E-state index contributed by atoms with van der Waals surface area (Å²) in [6.45, 7) is 0. The molecule has 0 radical (unpaired) electrons. The van der Waals surface area contributed by atoms with Crippen LogP contribution in [0, 0.1) is 17.8 Å². The highest BCUT2D eigenvalue weighted by Crippen LogP contribution is 2.45. The molecule has 1 heterocycles. The van der Waals surface area contributed by atoms with Crippen molar-refractivity contribution in [2.45, 2.75) is 12.5 Å². The highest BCUT2D eigenvalue weighted by Gasteiger charge is 2.57. The summed E-state index contributed by atoms with van der Waals surface area (Å²) in [7, 11) is 4.25. The van der Waals surface area contributed by atoms with Crippen molar-refractivity contribution in [1.82, 2.24) is 0 Å². The first-order valence-corrected chi connectivity index (χ1v) is 7.64. The van der Waals surface area contributed by atoms with E-state index in [9.17, 15) is 9.59 Å². The third-order valence-electron chi connectivity index (χ3n) is 4.67. The third-order valence-corrected chi connectivity index (χ3v) is 4.67. The Balaban J connectivity index is 1.92. The molecular weight excluding hydrogens is 314 g/mol. The number of rotatable bonds is 4. The second kappa shape index (κ2) is 6.51. The van der Waals surface area contributed by atoms with Gasteiger partial charge in [-0.15, -0.1) is 0 Å². The fraction of sp³-hybridized carbons (Fsp3) is 0.471. The predicted octanol–water partition coefficient (Wildman–Crippen LogP) is 1.40. The smallest absolute Gasteiger partial charge is 0.312 e. The molecule has 1 aromatic rings. The van der Waals surface area contributed by atoms with E-state index in [1.54, 1.807) is 7.11 Å². The zero-order valence-corrected chi connectivity index (χ0v) is 13.7. The minimum atomic E-state index is -0.538. The van der Waals surface area contributed by atoms with Crippen molar-refractivity contribution in [3.05, 3.63) is 29.8 Å². The van der Waals surface area contributed by atoms with Crippen LogP contribution in [-0.4, -0.2) is 45.1 Å². The Labute approximate surface area is 139 Å². The molecule has 1 aliphatic carbocycles. The first-order chi connectivity index (χ1) is 11.6. The molecule has 0 aromatic heterocycles. The van der Waals surface area contributed by atoms with Gasteiger partial charge in [-0.1, -0.05) is 5.16 Å². The lowest BCUT2D eigenvalue weighted by atomic mass is 9.87. The van der Waals surface area contributed by atoms with Gasteiger partial charge in [-0.2, -0.15) is 0 Å². The molecule has 1 saturated carbocycles. The van der Waals surface area contributed by atoms with Gasteiger partial charge in [0.25, 0.3) is 0 Å². The highest BCUT2D eigenvalue weighted by molar-refractivity contribution is 6.06. The van der Waals surface area contributed by atoms with E-state index in [4.69, 9.17) is 19.0 Å². The summed E-state index contributed by atoms with van der Waals surface area (Å²) in [4.78, 5) is 29.7. The lowest BCUT2D eigenvalue weighted by Crippen LogP contribution is -2.32. The van der Waals surface area contributed by atoms with E-state index in [0.29, 0.717) is 12.1 Å². The molecular formula is C17H19NO6. The third kappa shape index (κ3) is 2.60. The molecule has 0 bridgehead atoms. The van der Waals surface area contributed by atoms with E-state index in [2.05, 4.69) is 5.16 Å². The molecule has 128 valence electrons. The molecule has 0 unspecified atom stereocenters. The van der Waals surface area contributed by atoms with Gasteiger partial charge in [0.2, 0.25) is 0 Å². The van der Waals surface area contributed by atoms with Crippen LogP contribution in [0.25, 0.3) is 0 Å². The molecule has 0 N–H and O–H groups in total. The van der Waals surface area contributed by atoms with Crippen LogP contribution in [0.1, 0.15) is 12.0 Å². The number of hydrogen-bond donors (Lipinski definition) is 0. The summed E-state index contributed by atoms with van der Waals surface area (Å²) in [6.07, 6.45) is -0.192. The Bertz CT molecular complexity index is 668. The average molecular weight is 333 g/mol. The zero-order valence-electron chi connectivity index (χ0n) is 13.7. The van der Waals surface area contributed by atoms with Crippen LogP contribution in [0.3, 0.4) is 0 Å². The van der Waals surface area contributed by atoms with Crippen LogP contribution < -0.4 is 4.74 Å². The quantitative estimate of drug-likeness (QED) is 0.775. The largest absolute Gasteiger partial charge is 0.497 e. The molecule has 4 atom stereocenters. The maximum Gasteiger partial charge on any atom is 0.312 e. The minimum absolute atomic E-state index is 0.323. The Morgan fingerprint density at radius 1 is 1.04 bits per heavy atom. The summed E-state index contributed by atoms with van der Waals surface area (Å²) in [6, 6.07) is 7.32. The molecule has 0 spiro atoms. The van der Waals surface area contributed by atoms with Gasteiger partial charge in [0.05, 0.1) is 44.8 Å². The molecule has 1 fully saturated rings. The number of fused-ring (bicyclic) bond motifs is 1. The van der Waals surface area contributed by atoms with Crippen LogP contribution in [0.5, 0.6) is 5.75 Å². The monoisotopic (exact) mass is 333 g/mol. The van der Waals surface area contributed by atoms with Crippen LogP contribution in [0.4, 0.5) is 0 Å². The number of hydrogen-bond acceptors (Lipinski definition) is 7. The number of benzene rings is 1. The van der Waals surface area contributed by atoms with Crippen molar-refractivity contribution in [1.29, 1.82) is 0 Å². The standard InChI is InChI=1S/C17H19NO6/c1-21-10-6-4-9(5-7-10)14-13-11(16(19)22-2)8-12(17(20)23-3)15(13)24-18-14/h4-7,11-13,15H,8H2,1-3H3/t11-,12+,13+,15+/m0/s1. The van der Waals surface area contributed by atoms with Crippen LogP contribution in [-0.2, 0) is 23.9 Å². The van der Waals surface area contributed by atoms with E-state index < -0.39 is 23.9 Å². The Hall–Kier alpha value is -2.57. The Morgan fingerprint density at radius 3 is 2.25 bits per heavy atom. The van der Waals surface area contributed by atoms with Gasteiger partial charge in [0, 0.05) is 5.56 Å². The number of ether oxygens (including phenoxy) is 3. The summed E-state index contributed by atoms with van der Waals surface area (Å²) < 4.78 is 14.9. The molecule has 1 aromatic carbocycles. The number of carbonyl (C=O) groups is 2. The number of oxime groups is 1. The average Bonchev–Trinajstić information content (AvgIpc) is 3.21. The Morgan fingerprint density at radius 2 is 1.67 bits per heavy atom. The van der Waals surface area contributed by atoms with Crippen molar-refractivity contribution < 1.29 is 28.6 Å². The maximum absolute atomic E-state index is 12.2. The maximum atomic E-state index is 12.2. The Kier molecular flexibility index (Phi) is 4.42. The van der Waals surface area contributed by atoms with Crippen LogP contribution in [0.15, 0.2) is 29.4 Å². The van der Waals surface area contributed by atoms with Crippen LogP contribution in [0.2, 0.25) is 0 Å². The summed E-state index contributed by atoms with van der Waals surface area (Å²) in [5.41, 5.74) is 1.46. The predicted molar refractivity (Wildman–Crippen MR) is 83.5 cm³/mol. The summed E-state index contributed by atoms with van der Waals surface area (Å²) >= 11 is 0. The summed E-state index contributed by atoms with van der Waals surface area (Å²) in [5, 5.41) is 4.14. The molecule has 24 heavy (non-hydrogen) atoms. The van der Waals surface area contributed by atoms with Crippen molar-refractivity contribution in [3.63, 3.8) is 0 Å². The van der Waals surface area contributed by atoms with E-state index >= 15 is 0 Å². The van der Waals surface area contributed by atoms with Gasteiger partial charge < -0.3 is 19.0 Å².